The summed E-state index contributed by atoms with van der Waals surface area (Å²) in [6.07, 6.45) is -6.32. The van der Waals surface area contributed by atoms with Gasteiger partial charge in [0, 0.05) is 18.7 Å². The molecule has 2 heterocycles. The van der Waals surface area contributed by atoms with Gasteiger partial charge in [-0.2, -0.15) is 0 Å². The number of carboxylic acids is 2. The van der Waals surface area contributed by atoms with Crippen molar-refractivity contribution in [1.82, 2.24) is 14.9 Å². The minimum Gasteiger partial charge on any atom is -0.481 e. The van der Waals surface area contributed by atoms with Gasteiger partial charge in [0.1, 0.15) is 30.4 Å². The lowest BCUT2D eigenvalue weighted by molar-refractivity contribution is -0.144. The van der Waals surface area contributed by atoms with Gasteiger partial charge in [-0.25, -0.2) is 9.59 Å². The molecule has 1 aromatic heterocycles. The van der Waals surface area contributed by atoms with Crippen LogP contribution in [0.5, 0.6) is 0 Å². The van der Waals surface area contributed by atoms with E-state index in [1.54, 1.807) is 0 Å². The highest BCUT2D eigenvalue weighted by Crippen LogP contribution is 2.29. The number of nitrogens with two attached hydrogens (primary N) is 1. The molecule has 0 saturated carbocycles. The number of hydrogen-bond acceptors (Lipinski definition) is 9. The van der Waals surface area contributed by atoms with E-state index in [0.717, 1.165) is 16.8 Å². The monoisotopic (exact) mass is 416 g/mol. The highest BCUT2D eigenvalue weighted by Gasteiger charge is 2.48. The van der Waals surface area contributed by atoms with E-state index in [-0.39, 0.29) is 0 Å². The Hall–Kier alpha value is -3.07. The predicted molar refractivity (Wildman–Crippen MR) is 91.7 cm³/mol. The zero-order valence-corrected chi connectivity index (χ0v) is 14.8. The molecule has 8 N–H and O–H groups in total. The Kier molecular flexibility index (Phi) is 6.86. The Labute approximate surface area is 161 Å². The SMILES string of the molecule is NC(C(=O)N[C@@H](CCC(=O)O)C(=O)O)C1O[C@H](n2ccc(=O)[nH]c2=O)[C@@H](O)[C@H]1O. The van der Waals surface area contributed by atoms with Crippen molar-refractivity contribution in [2.24, 2.45) is 5.73 Å². The van der Waals surface area contributed by atoms with Gasteiger partial charge in [-0.05, 0) is 6.42 Å². The second kappa shape index (κ2) is 8.95. The van der Waals surface area contributed by atoms with Crippen LogP contribution in [-0.4, -0.2) is 78.2 Å². The standard InChI is InChI=1S/C15H20N4O10/c16-8(12(25)17-5(14(26)27)1-2-7(21)22)11-9(23)10(24)13(29-11)19-4-3-6(20)18-15(19)28/h3-5,8-11,13,23-24H,1-2,16H2,(H,17,25)(H,21,22)(H,26,27)(H,18,20,28)/t5-,8?,9+,10-,11?,13-/m0/s1. The van der Waals surface area contributed by atoms with Crippen molar-refractivity contribution in [3.8, 4) is 0 Å². The number of hydrogen-bond donors (Lipinski definition) is 7. The molecule has 1 aliphatic rings. The number of aliphatic hydroxyl groups is 2. The number of aromatic nitrogens is 2. The first-order valence-corrected chi connectivity index (χ1v) is 8.36. The number of aliphatic hydroxyl groups excluding tert-OH is 2. The second-order valence-corrected chi connectivity index (χ2v) is 6.35. The van der Waals surface area contributed by atoms with E-state index >= 15 is 0 Å². The van der Waals surface area contributed by atoms with Crippen LogP contribution in [-0.2, 0) is 19.1 Å². The Balaban J connectivity index is 2.13. The fraction of sp³-hybridized carbons (Fsp3) is 0.533. The number of amides is 1. The predicted octanol–water partition coefficient (Wildman–Crippen LogP) is -4.08. The molecule has 0 bridgehead atoms. The van der Waals surface area contributed by atoms with Crippen molar-refractivity contribution in [3.05, 3.63) is 33.1 Å². The lowest BCUT2D eigenvalue weighted by atomic mass is 10.0. The maximum Gasteiger partial charge on any atom is 0.330 e. The molecular weight excluding hydrogens is 396 g/mol. The molecule has 1 saturated heterocycles. The first-order chi connectivity index (χ1) is 13.5. The summed E-state index contributed by atoms with van der Waals surface area (Å²) >= 11 is 0. The molecule has 0 aromatic carbocycles. The summed E-state index contributed by atoms with van der Waals surface area (Å²) in [4.78, 5) is 58.9. The second-order valence-electron chi connectivity index (χ2n) is 6.35. The molecule has 14 heteroatoms. The number of nitrogens with zero attached hydrogens (tertiary/aromatic N) is 1. The van der Waals surface area contributed by atoms with Crippen LogP contribution in [0.1, 0.15) is 19.1 Å². The number of H-pyrrole nitrogens is 1. The fourth-order valence-electron chi connectivity index (χ4n) is 2.78. The highest BCUT2D eigenvalue weighted by molar-refractivity contribution is 5.87. The summed E-state index contributed by atoms with van der Waals surface area (Å²) < 4.78 is 6.11. The number of aliphatic carboxylic acids is 2. The molecule has 0 aliphatic carbocycles. The van der Waals surface area contributed by atoms with E-state index in [2.05, 4.69) is 0 Å². The molecule has 14 nitrogen and oxygen atoms in total. The number of nitrogens with one attached hydrogen (secondary N) is 2. The highest BCUT2D eigenvalue weighted by atomic mass is 16.6. The van der Waals surface area contributed by atoms with E-state index in [0.29, 0.717) is 0 Å². The maximum atomic E-state index is 12.3. The number of carbonyl (C=O) groups is 3. The van der Waals surface area contributed by atoms with Crippen LogP contribution in [0.25, 0.3) is 0 Å². The van der Waals surface area contributed by atoms with Crippen LogP contribution in [0.15, 0.2) is 21.9 Å². The van der Waals surface area contributed by atoms with Gasteiger partial charge in [0.05, 0.1) is 0 Å². The largest absolute Gasteiger partial charge is 0.481 e. The van der Waals surface area contributed by atoms with Gasteiger partial charge in [0.15, 0.2) is 6.23 Å². The van der Waals surface area contributed by atoms with E-state index in [4.69, 9.17) is 20.7 Å². The van der Waals surface area contributed by atoms with Crippen LogP contribution in [0.4, 0.5) is 0 Å². The number of carboxylic acid groups (broad SMARTS) is 2. The number of aromatic amines is 1. The lowest BCUT2D eigenvalue weighted by Crippen LogP contribution is -2.55. The summed E-state index contributed by atoms with van der Waals surface area (Å²) in [5.41, 5.74) is 4.08. The van der Waals surface area contributed by atoms with Gasteiger partial charge in [0.2, 0.25) is 5.91 Å². The number of rotatable bonds is 8. The molecule has 0 radical (unpaired) electrons. The minimum atomic E-state index is -1.72. The van der Waals surface area contributed by atoms with Crippen molar-refractivity contribution in [2.75, 3.05) is 0 Å². The van der Waals surface area contributed by atoms with Gasteiger partial charge in [-0.3, -0.25) is 23.9 Å². The van der Waals surface area contributed by atoms with Crippen LogP contribution >= 0.6 is 0 Å². The Morgan fingerprint density at radius 3 is 2.45 bits per heavy atom. The van der Waals surface area contributed by atoms with Gasteiger partial charge < -0.3 is 36.2 Å². The topological polar surface area (TPSA) is 234 Å². The van der Waals surface area contributed by atoms with Crippen molar-refractivity contribution in [3.63, 3.8) is 0 Å². The normalized spacial score (nSPS) is 25.9. The van der Waals surface area contributed by atoms with Crippen LogP contribution in [0, 0.1) is 0 Å². The van der Waals surface area contributed by atoms with Crippen LogP contribution < -0.4 is 22.3 Å². The van der Waals surface area contributed by atoms with Gasteiger partial charge in [-0.1, -0.05) is 0 Å². The molecular formula is C15H20N4O10. The van der Waals surface area contributed by atoms with Crippen molar-refractivity contribution in [2.45, 2.75) is 49.5 Å². The first kappa shape index (κ1) is 22.2. The van der Waals surface area contributed by atoms with Gasteiger partial charge in [0.25, 0.3) is 5.56 Å². The molecule has 6 atom stereocenters. The molecule has 1 fully saturated rings. The van der Waals surface area contributed by atoms with E-state index in [1.807, 2.05) is 10.3 Å². The summed E-state index contributed by atoms with van der Waals surface area (Å²) in [6, 6.07) is -2.23. The van der Waals surface area contributed by atoms with E-state index in [9.17, 15) is 34.2 Å². The van der Waals surface area contributed by atoms with E-state index in [1.165, 1.54) is 0 Å². The van der Waals surface area contributed by atoms with Crippen molar-refractivity contribution < 1.29 is 39.5 Å². The molecule has 1 aromatic rings. The Morgan fingerprint density at radius 2 is 1.90 bits per heavy atom. The van der Waals surface area contributed by atoms with Crippen LogP contribution in [0.2, 0.25) is 0 Å². The smallest absolute Gasteiger partial charge is 0.330 e. The lowest BCUT2D eigenvalue weighted by Gasteiger charge is -2.23. The third kappa shape index (κ3) is 5.05. The summed E-state index contributed by atoms with van der Waals surface area (Å²) in [5.74, 6) is -3.83. The zero-order valence-electron chi connectivity index (χ0n) is 14.8. The molecule has 2 rings (SSSR count). The Morgan fingerprint density at radius 1 is 1.24 bits per heavy atom. The van der Waals surface area contributed by atoms with Gasteiger partial charge in [-0.15, -0.1) is 0 Å². The van der Waals surface area contributed by atoms with E-state index < -0.39 is 78.6 Å². The third-order valence-corrected chi connectivity index (χ3v) is 4.32. The zero-order chi connectivity index (χ0) is 21.9. The molecule has 160 valence electrons. The molecule has 29 heavy (non-hydrogen) atoms. The molecule has 0 spiro atoms. The average molecular weight is 416 g/mol. The van der Waals surface area contributed by atoms with Gasteiger partial charge >= 0.3 is 17.6 Å². The first-order valence-electron chi connectivity index (χ1n) is 8.36. The third-order valence-electron chi connectivity index (χ3n) is 4.32. The maximum absolute atomic E-state index is 12.3. The molecule has 2 unspecified atom stereocenters. The molecule has 1 amide bonds. The summed E-state index contributed by atoms with van der Waals surface area (Å²) in [6.45, 7) is 0. The summed E-state index contributed by atoms with van der Waals surface area (Å²) in [5, 5.41) is 40.1. The molecule has 1 aliphatic heterocycles. The Bertz CT molecular complexity index is 896. The number of ether oxygens (including phenoxy) is 1. The minimum absolute atomic E-state index is 0.408. The van der Waals surface area contributed by atoms with Crippen molar-refractivity contribution >= 4 is 17.8 Å². The number of carbonyl (C=O) groups excluding carboxylic acids is 1. The average Bonchev–Trinajstić information content (AvgIpc) is 2.92. The van der Waals surface area contributed by atoms with Crippen LogP contribution in [0.3, 0.4) is 0 Å². The summed E-state index contributed by atoms with van der Waals surface area (Å²) in [7, 11) is 0. The quantitative estimate of drug-likeness (QED) is 0.215. The van der Waals surface area contributed by atoms with Crippen molar-refractivity contribution in [1.29, 1.82) is 0 Å². The fourth-order valence-corrected chi connectivity index (χ4v) is 2.78.